The quantitative estimate of drug-likeness (QED) is 0.710. The van der Waals surface area contributed by atoms with Gasteiger partial charge in [-0.1, -0.05) is 44.2 Å². The zero-order valence-electron chi connectivity index (χ0n) is 12.3. The van der Waals surface area contributed by atoms with Crippen LogP contribution in [-0.2, 0) is 0 Å². The van der Waals surface area contributed by atoms with E-state index < -0.39 is 0 Å². The molecule has 0 bridgehead atoms. The third kappa shape index (κ3) is 6.18. The molecule has 1 aromatic rings. The van der Waals surface area contributed by atoms with Gasteiger partial charge in [-0.25, -0.2) is 0 Å². The number of nitrogens with zero attached hydrogens (tertiary/aromatic N) is 1. The summed E-state index contributed by atoms with van der Waals surface area (Å²) in [6, 6.07) is 11.3. The van der Waals surface area contributed by atoms with Gasteiger partial charge in [0, 0.05) is 6.04 Å². The lowest BCUT2D eigenvalue weighted by Gasteiger charge is -2.21. The lowest BCUT2D eigenvalue weighted by Crippen LogP contribution is -2.26. The van der Waals surface area contributed by atoms with Gasteiger partial charge in [0.15, 0.2) is 0 Å². The second-order valence-electron chi connectivity index (χ2n) is 5.70. The molecular formula is C16H28N2. The van der Waals surface area contributed by atoms with Crippen molar-refractivity contribution in [2.75, 3.05) is 27.2 Å². The molecule has 0 saturated carbocycles. The van der Waals surface area contributed by atoms with E-state index in [9.17, 15) is 0 Å². The van der Waals surface area contributed by atoms with Crippen molar-refractivity contribution in [1.82, 2.24) is 10.2 Å². The maximum absolute atomic E-state index is 3.70. The predicted octanol–water partition coefficient (Wildman–Crippen LogP) is 3.32. The monoisotopic (exact) mass is 248 g/mol. The molecule has 2 heteroatoms. The number of benzene rings is 1. The topological polar surface area (TPSA) is 15.3 Å². The number of nitrogens with one attached hydrogen (secondary N) is 1. The molecule has 1 unspecified atom stereocenters. The SMILES string of the molecule is CC(C)CC(NCCCN(C)C)c1ccccc1. The van der Waals surface area contributed by atoms with Gasteiger partial charge in [-0.05, 0) is 51.5 Å². The van der Waals surface area contributed by atoms with Crippen molar-refractivity contribution in [2.24, 2.45) is 5.92 Å². The average Bonchev–Trinajstić information content (AvgIpc) is 2.33. The molecule has 1 aromatic carbocycles. The van der Waals surface area contributed by atoms with Gasteiger partial charge < -0.3 is 10.2 Å². The molecule has 0 radical (unpaired) electrons. The van der Waals surface area contributed by atoms with Gasteiger partial charge in [0.05, 0.1) is 0 Å². The first-order valence-corrected chi connectivity index (χ1v) is 7.02. The third-order valence-electron chi connectivity index (χ3n) is 3.08. The molecule has 1 atom stereocenters. The lowest BCUT2D eigenvalue weighted by atomic mass is 9.97. The van der Waals surface area contributed by atoms with Crippen LogP contribution in [-0.4, -0.2) is 32.1 Å². The Hall–Kier alpha value is -0.860. The van der Waals surface area contributed by atoms with Crippen LogP contribution in [0.15, 0.2) is 30.3 Å². The molecule has 0 heterocycles. The third-order valence-corrected chi connectivity index (χ3v) is 3.08. The fraction of sp³-hybridized carbons (Fsp3) is 0.625. The Morgan fingerprint density at radius 3 is 2.33 bits per heavy atom. The first-order valence-electron chi connectivity index (χ1n) is 7.02. The standard InChI is InChI=1S/C16H28N2/c1-14(2)13-16(15-9-6-5-7-10-15)17-11-8-12-18(3)4/h5-7,9-10,14,16-17H,8,11-13H2,1-4H3. The zero-order valence-corrected chi connectivity index (χ0v) is 12.3. The fourth-order valence-electron chi connectivity index (χ4n) is 2.17. The summed E-state index contributed by atoms with van der Waals surface area (Å²) in [5.74, 6) is 0.719. The van der Waals surface area contributed by atoms with Crippen LogP contribution in [0, 0.1) is 5.92 Å². The van der Waals surface area contributed by atoms with Crippen molar-refractivity contribution in [3.63, 3.8) is 0 Å². The molecule has 0 amide bonds. The normalized spacial score (nSPS) is 13.2. The summed E-state index contributed by atoms with van der Waals surface area (Å²) in [5, 5.41) is 3.70. The van der Waals surface area contributed by atoms with Crippen LogP contribution in [0.1, 0.15) is 38.3 Å². The fourth-order valence-corrected chi connectivity index (χ4v) is 2.17. The highest BCUT2D eigenvalue weighted by Crippen LogP contribution is 2.20. The highest BCUT2D eigenvalue weighted by molar-refractivity contribution is 5.18. The van der Waals surface area contributed by atoms with E-state index in [-0.39, 0.29) is 0 Å². The Morgan fingerprint density at radius 2 is 1.78 bits per heavy atom. The van der Waals surface area contributed by atoms with Crippen molar-refractivity contribution in [1.29, 1.82) is 0 Å². The highest BCUT2D eigenvalue weighted by Gasteiger charge is 2.11. The minimum Gasteiger partial charge on any atom is -0.310 e. The molecular weight excluding hydrogens is 220 g/mol. The van der Waals surface area contributed by atoms with E-state index >= 15 is 0 Å². The van der Waals surface area contributed by atoms with Crippen molar-refractivity contribution in [3.8, 4) is 0 Å². The first kappa shape index (κ1) is 15.2. The molecule has 1 rings (SSSR count). The van der Waals surface area contributed by atoms with Crippen LogP contribution >= 0.6 is 0 Å². The van der Waals surface area contributed by atoms with Crippen LogP contribution in [0.2, 0.25) is 0 Å². The number of rotatable bonds is 8. The van der Waals surface area contributed by atoms with E-state index in [0.29, 0.717) is 6.04 Å². The minimum absolute atomic E-state index is 0.494. The van der Waals surface area contributed by atoms with E-state index in [4.69, 9.17) is 0 Å². The van der Waals surface area contributed by atoms with Crippen LogP contribution in [0.25, 0.3) is 0 Å². The Labute approximate surface area is 112 Å². The van der Waals surface area contributed by atoms with Gasteiger partial charge in [0.25, 0.3) is 0 Å². The predicted molar refractivity (Wildman–Crippen MR) is 79.8 cm³/mol. The highest BCUT2D eigenvalue weighted by atomic mass is 15.1. The minimum atomic E-state index is 0.494. The summed E-state index contributed by atoms with van der Waals surface area (Å²) >= 11 is 0. The van der Waals surface area contributed by atoms with Gasteiger partial charge in [-0.2, -0.15) is 0 Å². The maximum Gasteiger partial charge on any atom is 0.0322 e. The number of hydrogen-bond acceptors (Lipinski definition) is 2. The summed E-state index contributed by atoms with van der Waals surface area (Å²) in [6.07, 6.45) is 2.40. The number of hydrogen-bond donors (Lipinski definition) is 1. The summed E-state index contributed by atoms with van der Waals surface area (Å²) in [6.45, 7) is 6.82. The average molecular weight is 248 g/mol. The van der Waals surface area contributed by atoms with Gasteiger partial charge in [0.2, 0.25) is 0 Å². The molecule has 102 valence electrons. The van der Waals surface area contributed by atoms with Crippen LogP contribution in [0.5, 0.6) is 0 Å². The van der Waals surface area contributed by atoms with Crippen molar-refractivity contribution >= 4 is 0 Å². The summed E-state index contributed by atoms with van der Waals surface area (Å²) in [5.41, 5.74) is 1.41. The lowest BCUT2D eigenvalue weighted by molar-refractivity contribution is 0.373. The van der Waals surface area contributed by atoms with Crippen LogP contribution < -0.4 is 5.32 Å². The van der Waals surface area contributed by atoms with Crippen molar-refractivity contribution < 1.29 is 0 Å². The molecule has 0 aromatic heterocycles. The van der Waals surface area contributed by atoms with Crippen molar-refractivity contribution in [3.05, 3.63) is 35.9 Å². The molecule has 0 aliphatic heterocycles. The molecule has 0 fully saturated rings. The van der Waals surface area contributed by atoms with E-state index in [1.54, 1.807) is 0 Å². The van der Waals surface area contributed by atoms with E-state index in [1.165, 1.54) is 18.4 Å². The van der Waals surface area contributed by atoms with Gasteiger partial charge in [-0.3, -0.25) is 0 Å². The van der Waals surface area contributed by atoms with E-state index in [1.807, 2.05) is 0 Å². The molecule has 18 heavy (non-hydrogen) atoms. The van der Waals surface area contributed by atoms with Crippen molar-refractivity contribution in [2.45, 2.75) is 32.7 Å². The Bertz CT molecular complexity index is 306. The van der Waals surface area contributed by atoms with E-state index in [0.717, 1.165) is 19.0 Å². The molecule has 1 N–H and O–H groups in total. The van der Waals surface area contributed by atoms with Gasteiger partial charge in [-0.15, -0.1) is 0 Å². The Balaban J connectivity index is 2.46. The van der Waals surface area contributed by atoms with Gasteiger partial charge >= 0.3 is 0 Å². The largest absolute Gasteiger partial charge is 0.310 e. The van der Waals surface area contributed by atoms with Gasteiger partial charge in [0.1, 0.15) is 0 Å². The molecule has 0 aliphatic carbocycles. The van der Waals surface area contributed by atoms with E-state index in [2.05, 4.69) is 68.5 Å². The Morgan fingerprint density at radius 1 is 1.11 bits per heavy atom. The first-order chi connectivity index (χ1) is 8.59. The summed E-state index contributed by atoms with van der Waals surface area (Å²) in [7, 11) is 4.26. The zero-order chi connectivity index (χ0) is 13.4. The summed E-state index contributed by atoms with van der Waals surface area (Å²) < 4.78 is 0. The molecule has 2 nitrogen and oxygen atoms in total. The molecule has 0 saturated heterocycles. The summed E-state index contributed by atoms with van der Waals surface area (Å²) in [4.78, 5) is 2.24. The van der Waals surface area contributed by atoms with Crippen LogP contribution in [0.4, 0.5) is 0 Å². The second-order valence-corrected chi connectivity index (χ2v) is 5.70. The van der Waals surface area contributed by atoms with Crippen LogP contribution in [0.3, 0.4) is 0 Å². The molecule has 0 aliphatic rings. The maximum atomic E-state index is 3.70. The smallest absolute Gasteiger partial charge is 0.0322 e. The Kier molecular flexibility index (Phi) is 6.99. The second kappa shape index (κ2) is 8.28. The molecule has 0 spiro atoms.